The van der Waals surface area contributed by atoms with E-state index >= 15 is 0 Å². The van der Waals surface area contributed by atoms with E-state index in [0.717, 1.165) is 30.2 Å². The number of ether oxygens (including phenoxy) is 1. The molecule has 102 valence electrons. The van der Waals surface area contributed by atoms with Crippen molar-refractivity contribution in [1.29, 1.82) is 0 Å². The summed E-state index contributed by atoms with van der Waals surface area (Å²) in [5.74, 6) is 2.39. The molecule has 0 bridgehead atoms. The van der Waals surface area contributed by atoms with Gasteiger partial charge in [0.15, 0.2) is 0 Å². The van der Waals surface area contributed by atoms with Gasteiger partial charge in [-0.2, -0.15) is 0 Å². The van der Waals surface area contributed by atoms with Crippen molar-refractivity contribution >= 4 is 11.6 Å². The molecule has 1 heterocycles. The van der Waals surface area contributed by atoms with Crippen molar-refractivity contribution in [2.45, 2.75) is 27.0 Å². The molecule has 0 aliphatic heterocycles. The first-order chi connectivity index (χ1) is 9.19. The van der Waals surface area contributed by atoms with Crippen molar-refractivity contribution in [3.8, 4) is 5.75 Å². The minimum absolute atomic E-state index is 0.384. The summed E-state index contributed by atoms with van der Waals surface area (Å²) >= 11 is 6.10. The highest BCUT2D eigenvalue weighted by molar-refractivity contribution is 6.32. The average molecular weight is 280 g/mol. The number of hydrogen-bond acceptors (Lipinski definition) is 3. The molecule has 0 spiro atoms. The lowest BCUT2D eigenvalue weighted by Crippen LogP contribution is -2.10. The van der Waals surface area contributed by atoms with Gasteiger partial charge in [0.25, 0.3) is 0 Å². The van der Waals surface area contributed by atoms with Crippen molar-refractivity contribution in [1.82, 2.24) is 5.32 Å². The molecule has 0 saturated carbocycles. The Balaban J connectivity index is 1.92. The standard InChI is InChI=1S/C15H18ClNO2/c1-3-17-9-12-5-6-13(19-12)10-18-15-7-4-11(2)8-14(15)16/h4-8,17H,3,9-10H2,1-2H3. The van der Waals surface area contributed by atoms with E-state index in [-0.39, 0.29) is 0 Å². The fraction of sp³-hybridized carbons (Fsp3) is 0.333. The van der Waals surface area contributed by atoms with Crippen LogP contribution in [0.3, 0.4) is 0 Å². The molecule has 2 aromatic rings. The van der Waals surface area contributed by atoms with E-state index in [1.807, 2.05) is 37.3 Å². The fourth-order valence-corrected chi connectivity index (χ4v) is 2.00. The van der Waals surface area contributed by atoms with Crippen LogP contribution < -0.4 is 10.1 Å². The fourth-order valence-electron chi connectivity index (χ4n) is 1.71. The summed E-state index contributed by atoms with van der Waals surface area (Å²) < 4.78 is 11.3. The molecule has 3 nitrogen and oxygen atoms in total. The molecule has 0 aliphatic carbocycles. The summed E-state index contributed by atoms with van der Waals surface area (Å²) in [4.78, 5) is 0. The van der Waals surface area contributed by atoms with Gasteiger partial charge in [-0.1, -0.05) is 24.6 Å². The van der Waals surface area contributed by atoms with Gasteiger partial charge in [-0.05, 0) is 43.3 Å². The molecule has 0 fully saturated rings. The molecule has 1 aromatic heterocycles. The van der Waals surface area contributed by atoms with Gasteiger partial charge in [-0.3, -0.25) is 0 Å². The monoisotopic (exact) mass is 279 g/mol. The number of benzene rings is 1. The largest absolute Gasteiger partial charge is 0.484 e. The molecule has 0 unspecified atom stereocenters. The lowest BCUT2D eigenvalue weighted by atomic mass is 10.2. The average Bonchev–Trinajstić information content (AvgIpc) is 2.83. The van der Waals surface area contributed by atoms with Gasteiger partial charge in [0.2, 0.25) is 0 Å². The Labute approximate surface area is 118 Å². The van der Waals surface area contributed by atoms with Gasteiger partial charge in [0.05, 0.1) is 11.6 Å². The first kappa shape index (κ1) is 14.0. The van der Waals surface area contributed by atoms with E-state index in [1.165, 1.54) is 0 Å². The Morgan fingerprint density at radius 2 is 2.00 bits per heavy atom. The molecular weight excluding hydrogens is 262 g/mol. The van der Waals surface area contributed by atoms with E-state index in [9.17, 15) is 0 Å². The summed E-state index contributed by atoms with van der Waals surface area (Å²) in [5, 5.41) is 3.84. The summed E-state index contributed by atoms with van der Waals surface area (Å²) in [6, 6.07) is 9.61. The first-order valence-electron chi connectivity index (χ1n) is 6.36. The number of nitrogens with one attached hydrogen (secondary N) is 1. The Kier molecular flexibility index (Phi) is 4.88. The zero-order chi connectivity index (χ0) is 13.7. The summed E-state index contributed by atoms with van der Waals surface area (Å²) in [5.41, 5.74) is 1.11. The van der Waals surface area contributed by atoms with Crippen LogP contribution in [0.2, 0.25) is 5.02 Å². The second-order valence-electron chi connectivity index (χ2n) is 4.37. The van der Waals surface area contributed by atoms with Crippen LogP contribution in [-0.2, 0) is 13.2 Å². The molecule has 19 heavy (non-hydrogen) atoms. The van der Waals surface area contributed by atoms with Crippen molar-refractivity contribution in [3.63, 3.8) is 0 Å². The van der Waals surface area contributed by atoms with Crippen LogP contribution in [-0.4, -0.2) is 6.54 Å². The number of furan rings is 1. The van der Waals surface area contributed by atoms with Crippen molar-refractivity contribution in [3.05, 3.63) is 52.4 Å². The first-order valence-corrected chi connectivity index (χ1v) is 6.74. The third-order valence-electron chi connectivity index (χ3n) is 2.72. The maximum Gasteiger partial charge on any atom is 0.146 e. The van der Waals surface area contributed by atoms with Gasteiger partial charge >= 0.3 is 0 Å². The number of rotatable bonds is 6. The van der Waals surface area contributed by atoms with Gasteiger partial charge in [-0.15, -0.1) is 0 Å². The summed E-state index contributed by atoms with van der Waals surface area (Å²) in [6.45, 7) is 6.10. The molecular formula is C15H18ClNO2. The SMILES string of the molecule is CCNCc1ccc(COc2ccc(C)cc2Cl)o1. The highest BCUT2D eigenvalue weighted by atomic mass is 35.5. The Morgan fingerprint density at radius 3 is 2.74 bits per heavy atom. The van der Waals surface area contributed by atoms with E-state index < -0.39 is 0 Å². The van der Waals surface area contributed by atoms with Crippen LogP contribution >= 0.6 is 11.6 Å². The smallest absolute Gasteiger partial charge is 0.146 e. The molecule has 0 aliphatic rings. The number of halogens is 1. The van der Waals surface area contributed by atoms with E-state index in [1.54, 1.807) is 0 Å². The zero-order valence-electron chi connectivity index (χ0n) is 11.2. The molecule has 1 N–H and O–H groups in total. The van der Waals surface area contributed by atoms with Crippen LogP contribution in [0.4, 0.5) is 0 Å². The van der Waals surface area contributed by atoms with E-state index in [4.69, 9.17) is 20.8 Å². The van der Waals surface area contributed by atoms with Crippen molar-refractivity contribution in [2.75, 3.05) is 6.54 Å². The second kappa shape index (κ2) is 6.64. The van der Waals surface area contributed by atoms with Gasteiger partial charge in [-0.25, -0.2) is 0 Å². The summed E-state index contributed by atoms with van der Waals surface area (Å²) in [6.07, 6.45) is 0. The van der Waals surface area contributed by atoms with Crippen molar-refractivity contribution in [2.24, 2.45) is 0 Å². The van der Waals surface area contributed by atoms with Crippen LogP contribution in [0.1, 0.15) is 24.0 Å². The lowest BCUT2D eigenvalue weighted by molar-refractivity contribution is 0.265. The maximum atomic E-state index is 6.10. The predicted octanol–water partition coefficient (Wildman–Crippen LogP) is 3.93. The quantitative estimate of drug-likeness (QED) is 0.870. The maximum absolute atomic E-state index is 6.10. The predicted molar refractivity (Wildman–Crippen MR) is 76.6 cm³/mol. The zero-order valence-corrected chi connectivity index (χ0v) is 12.0. The molecule has 0 radical (unpaired) electrons. The Bertz CT molecular complexity index is 537. The Morgan fingerprint density at radius 1 is 1.21 bits per heavy atom. The van der Waals surface area contributed by atoms with Crippen LogP contribution in [0.15, 0.2) is 34.7 Å². The lowest BCUT2D eigenvalue weighted by Gasteiger charge is -2.07. The molecule has 0 atom stereocenters. The number of aryl methyl sites for hydroxylation is 1. The third kappa shape index (κ3) is 4.01. The summed E-state index contributed by atoms with van der Waals surface area (Å²) in [7, 11) is 0. The van der Waals surface area contributed by atoms with Gasteiger partial charge in [0.1, 0.15) is 23.9 Å². The van der Waals surface area contributed by atoms with Crippen LogP contribution in [0.25, 0.3) is 0 Å². The molecule has 1 aromatic carbocycles. The Hall–Kier alpha value is -1.45. The highest BCUT2D eigenvalue weighted by Crippen LogP contribution is 2.26. The van der Waals surface area contributed by atoms with Crippen LogP contribution in [0, 0.1) is 6.92 Å². The van der Waals surface area contributed by atoms with Gasteiger partial charge < -0.3 is 14.5 Å². The van der Waals surface area contributed by atoms with E-state index in [2.05, 4.69) is 12.2 Å². The third-order valence-corrected chi connectivity index (χ3v) is 3.02. The highest BCUT2D eigenvalue weighted by Gasteiger charge is 2.05. The topological polar surface area (TPSA) is 34.4 Å². The minimum atomic E-state index is 0.384. The van der Waals surface area contributed by atoms with Crippen molar-refractivity contribution < 1.29 is 9.15 Å². The second-order valence-corrected chi connectivity index (χ2v) is 4.78. The molecule has 2 rings (SSSR count). The molecule has 0 amide bonds. The molecule has 4 heteroatoms. The minimum Gasteiger partial charge on any atom is -0.484 e. The molecule has 0 saturated heterocycles. The normalized spacial score (nSPS) is 10.7. The van der Waals surface area contributed by atoms with E-state index in [0.29, 0.717) is 17.4 Å². The van der Waals surface area contributed by atoms with Gasteiger partial charge in [0, 0.05) is 0 Å². The van der Waals surface area contributed by atoms with Crippen LogP contribution in [0.5, 0.6) is 5.75 Å². The number of hydrogen-bond donors (Lipinski definition) is 1.